The molecule has 4 N–H and O–H groups in total. The Kier molecular flexibility index (Phi) is 5.59. The summed E-state index contributed by atoms with van der Waals surface area (Å²) in [5.74, 6) is -1.42. The lowest BCUT2D eigenvalue weighted by molar-refractivity contribution is -0.123. The molecule has 0 saturated heterocycles. The van der Waals surface area contributed by atoms with Crippen LogP contribution in [0.2, 0.25) is 5.02 Å². The number of amides is 2. The van der Waals surface area contributed by atoms with Gasteiger partial charge in [-0.2, -0.15) is 4.98 Å². The first kappa shape index (κ1) is 20.4. The van der Waals surface area contributed by atoms with Crippen LogP contribution in [-0.4, -0.2) is 28.9 Å². The number of rotatable bonds is 5. The van der Waals surface area contributed by atoms with Crippen molar-refractivity contribution in [3.05, 3.63) is 69.5 Å². The Bertz CT molecular complexity index is 1210. The standard InChI is InChI=1S/C21H18ClN5O4/c1-31-15-8-7-11(22)9-14(15)24-19(29)13-10-16(28)25-18-17(13)20(30)27-21(26-18)23-12-5-3-2-4-6-12/h2-9,13H,10H2,1H3,(H,24,29)(H3,23,25,26,27,28,30)/t13-/m0/s1. The summed E-state index contributed by atoms with van der Waals surface area (Å²) < 4.78 is 5.23. The molecule has 9 nitrogen and oxygen atoms in total. The van der Waals surface area contributed by atoms with E-state index in [2.05, 4.69) is 25.9 Å². The van der Waals surface area contributed by atoms with Crippen LogP contribution in [-0.2, 0) is 9.59 Å². The number of carbonyl (C=O) groups excluding carboxylic acids is 2. The number of nitrogens with one attached hydrogen (secondary N) is 4. The van der Waals surface area contributed by atoms with Gasteiger partial charge in [0.1, 0.15) is 11.6 Å². The van der Waals surface area contributed by atoms with Gasteiger partial charge in [0.2, 0.25) is 17.8 Å². The van der Waals surface area contributed by atoms with Gasteiger partial charge in [0.05, 0.1) is 24.3 Å². The van der Waals surface area contributed by atoms with Gasteiger partial charge in [-0.15, -0.1) is 0 Å². The molecule has 0 bridgehead atoms. The van der Waals surface area contributed by atoms with E-state index >= 15 is 0 Å². The first-order valence-electron chi connectivity index (χ1n) is 9.35. The van der Waals surface area contributed by atoms with Gasteiger partial charge in [-0.1, -0.05) is 29.8 Å². The summed E-state index contributed by atoms with van der Waals surface area (Å²) in [5, 5.41) is 8.62. The highest BCUT2D eigenvalue weighted by Crippen LogP contribution is 2.33. The fraction of sp³-hybridized carbons (Fsp3) is 0.143. The quantitative estimate of drug-likeness (QED) is 0.483. The molecule has 2 heterocycles. The Hall–Kier alpha value is -3.85. The normalized spacial score (nSPS) is 14.9. The molecule has 31 heavy (non-hydrogen) atoms. The van der Waals surface area contributed by atoms with Crippen LogP contribution in [0.4, 0.5) is 23.1 Å². The molecule has 0 aliphatic carbocycles. The summed E-state index contributed by atoms with van der Waals surface area (Å²) in [6.07, 6.45) is -0.196. The number of H-pyrrole nitrogens is 1. The van der Waals surface area contributed by atoms with Gasteiger partial charge in [-0.3, -0.25) is 19.4 Å². The molecular weight excluding hydrogens is 422 g/mol. The molecule has 1 aliphatic rings. The minimum Gasteiger partial charge on any atom is -0.495 e. The second-order valence-electron chi connectivity index (χ2n) is 6.81. The maximum Gasteiger partial charge on any atom is 0.258 e. The molecule has 1 aromatic heterocycles. The van der Waals surface area contributed by atoms with Gasteiger partial charge in [-0.25, -0.2) is 0 Å². The van der Waals surface area contributed by atoms with Crippen LogP contribution in [0, 0.1) is 0 Å². The summed E-state index contributed by atoms with van der Waals surface area (Å²) >= 11 is 6.01. The fourth-order valence-electron chi connectivity index (χ4n) is 3.31. The van der Waals surface area contributed by atoms with Gasteiger partial charge < -0.3 is 20.7 Å². The van der Waals surface area contributed by atoms with Crippen LogP contribution in [0.15, 0.2) is 53.3 Å². The van der Waals surface area contributed by atoms with Crippen LogP contribution in [0.25, 0.3) is 0 Å². The Balaban J connectivity index is 1.66. The molecule has 158 valence electrons. The van der Waals surface area contributed by atoms with E-state index in [1.807, 2.05) is 18.2 Å². The summed E-state index contributed by atoms with van der Waals surface area (Å²) in [5.41, 5.74) is 0.590. The minimum absolute atomic E-state index is 0.0386. The van der Waals surface area contributed by atoms with E-state index in [1.165, 1.54) is 13.2 Å². The van der Waals surface area contributed by atoms with Crippen molar-refractivity contribution in [1.29, 1.82) is 0 Å². The number of benzene rings is 2. The molecule has 1 atom stereocenters. The number of ether oxygens (including phenoxy) is 1. The van der Waals surface area contributed by atoms with Crippen molar-refractivity contribution in [2.75, 3.05) is 23.1 Å². The van der Waals surface area contributed by atoms with Crippen LogP contribution < -0.4 is 26.2 Å². The smallest absolute Gasteiger partial charge is 0.258 e. The summed E-state index contributed by atoms with van der Waals surface area (Å²) in [7, 11) is 1.46. The third-order valence-corrected chi connectivity index (χ3v) is 4.96. The molecule has 0 unspecified atom stereocenters. The van der Waals surface area contributed by atoms with Gasteiger partial charge in [0.15, 0.2) is 0 Å². The van der Waals surface area contributed by atoms with Crippen LogP contribution in [0.1, 0.15) is 17.9 Å². The predicted molar refractivity (Wildman–Crippen MR) is 117 cm³/mol. The van der Waals surface area contributed by atoms with Crippen LogP contribution >= 0.6 is 11.6 Å². The molecule has 3 aromatic rings. The van der Waals surface area contributed by atoms with Crippen molar-refractivity contribution in [2.45, 2.75) is 12.3 Å². The lowest BCUT2D eigenvalue weighted by Crippen LogP contribution is -2.36. The zero-order chi connectivity index (χ0) is 22.0. The van der Waals surface area contributed by atoms with Crippen LogP contribution in [0.5, 0.6) is 5.75 Å². The molecule has 0 spiro atoms. The Morgan fingerprint density at radius 2 is 1.97 bits per heavy atom. The zero-order valence-corrected chi connectivity index (χ0v) is 17.1. The van der Waals surface area contributed by atoms with E-state index in [0.717, 1.165) is 0 Å². The van der Waals surface area contributed by atoms with Gasteiger partial charge >= 0.3 is 0 Å². The van der Waals surface area contributed by atoms with Gasteiger partial charge in [-0.05, 0) is 30.3 Å². The molecule has 0 fully saturated rings. The fourth-order valence-corrected chi connectivity index (χ4v) is 3.48. The SMILES string of the molecule is COc1ccc(Cl)cc1NC(=O)[C@H]1CC(=O)Nc2nc(Nc3ccccc3)[nH]c(=O)c21. The third-order valence-electron chi connectivity index (χ3n) is 4.72. The van der Waals surface area contributed by atoms with Crippen molar-refractivity contribution in [2.24, 2.45) is 0 Å². The summed E-state index contributed by atoms with van der Waals surface area (Å²) in [6, 6.07) is 13.9. The van der Waals surface area contributed by atoms with Crippen molar-refractivity contribution >= 4 is 46.6 Å². The molecule has 2 amide bonds. The van der Waals surface area contributed by atoms with Crippen molar-refractivity contribution in [3.63, 3.8) is 0 Å². The minimum atomic E-state index is -1.03. The van der Waals surface area contributed by atoms with Crippen molar-refractivity contribution < 1.29 is 14.3 Å². The van der Waals surface area contributed by atoms with E-state index in [9.17, 15) is 14.4 Å². The number of para-hydroxylation sites is 1. The molecular formula is C21H18ClN5O4. The zero-order valence-electron chi connectivity index (χ0n) is 16.4. The number of anilines is 4. The van der Waals surface area contributed by atoms with E-state index in [-0.39, 0.29) is 23.8 Å². The molecule has 1 aliphatic heterocycles. The lowest BCUT2D eigenvalue weighted by atomic mass is 9.92. The topological polar surface area (TPSA) is 125 Å². The number of nitrogens with zero attached hydrogens (tertiary/aromatic N) is 1. The van der Waals surface area contributed by atoms with Gasteiger partial charge in [0, 0.05) is 17.1 Å². The largest absolute Gasteiger partial charge is 0.495 e. The highest BCUT2D eigenvalue weighted by atomic mass is 35.5. The number of methoxy groups -OCH3 is 1. The number of aromatic amines is 1. The number of hydrogen-bond donors (Lipinski definition) is 4. The second-order valence-corrected chi connectivity index (χ2v) is 7.24. The highest BCUT2D eigenvalue weighted by molar-refractivity contribution is 6.31. The summed E-state index contributed by atoms with van der Waals surface area (Å²) in [4.78, 5) is 45.0. The second kappa shape index (κ2) is 8.49. The first-order chi connectivity index (χ1) is 14.9. The number of hydrogen-bond acceptors (Lipinski definition) is 6. The van der Waals surface area contributed by atoms with E-state index in [4.69, 9.17) is 16.3 Å². The number of fused-ring (bicyclic) bond motifs is 1. The Morgan fingerprint density at radius 3 is 2.71 bits per heavy atom. The molecule has 0 radical (unpaired) electrons. The monoisotopic (exact) mass is 439 g/mol. The Morgan fingerprint density at radius 1 is 1.19 bits per heavy atom. The molecule has 10 heteroatoms. The summed E-state index contributed by atoms with van der Waals surface area (Å²) in [6.45, 7) is 0. The highest BCUT2D eigenvalue weighted by Gasteiger charge is 2.35. The number of aromatic nitrogens is 2. The van der Waals surface area contributed by atoms with Crippen molar-refractivity contribution in [1.82, 2.24) is 9.97 Å². The third kappa shape index (κ3) is 4.36. The molecule has 4 rings (SSSR count). The van der Waals surface area contributed by atoms with E-state index < -0.39 is 23.3 Å². The van der Waals surface area contributed by atoms with Crippen molar-refractivity contribution in [3.8, 4) is 5.75 Å². The maximum absolute atomic E-state index is 13.0. The Labute approximate surface area is 181 Å². The number of halogens is 1. The molecule has 2 aromatic carbocycles. The lowest BCUT2D eigenvalue weighted by Gasteiger charge is -2.24. The maximum atomic E-state index is 13.0. The van der Waals surface area contributed by atoms with E-state index in [1.54, 1.807) is 24.3 Å². The predicted octanol–water partition coefficient (Wildman–Crippen LogP) is 3.24. The molecule has 0 saturated carbocycles. The number of carbonyl (C=O) groups is 2. The van der Waals surface area contributed by atoms with Gasteiger partial charge in [0.25, 0.3) is 5.56 Å². The van der Waals surface area contributed by atoms with Crippen LogP contribution in [0.3, 0.4) is 0 Å². The van der Waals surface area contributed by atoms with E-state index in [0.29, 0.717) is 22.1 Å². The first-order valence-corrected chi connectivity index (χ1v) is 9.73. The average molecular weight is 440 g/mol. The average Bonchev–Trinajstić information content (AvgIpc) is 2.73.